The van der Waals surface area contributed by atoms with Crippen molar-refractivity contribution >= 4 is 33.9 Å². The molecule has 0 radical (unpaired) electrons. The summed E-state index contributed by atoms with van der Waals surface area (Å²) in [5.74, 6) is -0.692. The number of para-hydroxylation sites is 2. The summed E-state index contributed by atoms with van der Waals surface area (Å²) in [6.45, 7) is 3.16. The van der Waals surface area contributed by atoms with Gasteiger partial charge in [-0.15, -0.1) is 0 Å². The second-order valence-corrected chi connectivity index (χ2v) is 11.5. The van der Waals surface area contributed by atoms with Crippen molar-refractivity contribution < 1.29 is 19.1 Å². The minimum absolute atomic E-state index is 0.00230. The maximum absolute atomic E-state index is 13.9. The third-order valence-electron chi connectivity index (χ3n) is 8.93. The topological polar surface area (TPSA) is 138 Å². The molecule has 0 saturated carbocycles. The molecule has 2 aromatic heterocycles. The third kappa shape index (κ3) is 5.05. The zero-order valence-electron chi connectivity index (χ0n) is 23.4. The smallest absolute Gasteiger partial charge is 0.326 e. The van der Waals surface area contributed by atoms with Crippen molar-refractivity contribution in [3.63, 3.8) is 0 Å². The Hall–Kier alpha value is -4.16. The molecule has 2 aromatic carbocycles. The molecule has 0 bridgehead atoms. The predicted molar refractivity (Wildman–Crippen MR) is 155 cm³/mol. The number of nitrogens with zero attached hydrogens (tertiary/aromatic N) is 4. The van der Waals surface area contributed by atoms with Crippen LogP contribution in [0.25, 0.3) is 21.9 Å². The van der Waals surface area contributed by atoms with Gasteiger partial charge < -0.3 is 29.6 Å². The molecule has 12 heteroatoms. The maximum Gasteiger partial charge on any atom is 0.326 e. The fourth-order valence-corrected chi connectivity index (χ4v) is 6.63. The van der Waals surface area contributed by atoms with Crippen molar-refractivity contribution in [3.05, 3.63) is 64.7 Å². The van der Waals surface area contributed by atoms with Crippen molar-refractivity contribution in [1.82, 2.24) is 34.9 Å². The van der Waals surface area contributed by atoms with Crippen LogP contribution in [0.2, 0.25) is 0 Å². The van der Waals surface area contributed by atoms with E-state index < -0.39 is 11.8 Å². The van der Waals surface area contributed by atoms with Crippen LogP contribution in [0.3, 0.4) is 0 Å². The summed E-state index contributed by atoms with van der Waals surface area (Å²) in [5.41, 5.74) is 3.42. The van der Waals surface area contributed by atoms with E-state index in [1.165, 1.54) is 0 Å². The van der Waals surface area contributed by atoms with Crippen LogP contribution in [-0.2, 0) is 20.7 Å². The zero-order valence-corrected chi connectivity index (χ0v) is 23.4. The van der Waals surface area contributed by atoms with E-state index in [4.69, 9.17) is 9.47 Å². The number of nitrogens with one attached hydrogen (secondary N) is 3. The molecule has 5 heterocycles. The first-order chi connectivity index (χ1) is 20.5. The Morgan fingerprint density at radius 2 is 1.76 bits per heavy atom. The van der Waals surface area contributed by atoms with E-state index in [-0.39, 0.29) is 23.7 Å². The number of carbonyl (C=O) groups is 2. The number of aromatic amines is 2. The summed E-state index contributed by atoms with van der Waals surface area (Å²) in [5, 5.41) is 11.1. The van der Waals surface area contributed by atoms with Crippen molar-refractivity contribution in [2.45, 2.75) is 50.0 Å². The van der Waals surface area contributed by atoms with Gasteiger partial charge in [-0.25, -0.2) is 9.59 Å². The van der Waals surface area contributed by atoms with Gasteiger partial charge in [0.1, 0.15) is 6.04 Å². The summed E-state index contributed by atoms with van der Waals surface area (Å²) in [6.07, 6.45) is 4.64. The largest absolute Gasteiger partial charge is 0.347 e. The van der Waals surface area contributed by atoms with Crippen molar-refractivity contribution in [2.75, 3.05) is 39.4 Å². The summed E-state index contributed by atoms with van der Waals surface area (Å²) in [4.78, 5) is 46.6. The highest BCUT2D eigenvalue weighted by Crippen LogP contribution is 2.32. The Bertz CT molecular complexity index is 1650. The molecule has 3 saturated heterocycles. The third-order valence-corrected chi connectivity index (χ3v) is 8.93. The molecule has 3 aliphatic heterocycles. The molecule has 4 aromatic rings. The zero-order chi connectivity index (χ0) is 28.7. The van der Waals surface area contributed by atoms with Crippen LogP contribution in [-0.4, -0.2) is 92.7 Å². The SMILES string of the molecule is O=C(NC(Cc1ccc2[nH]ncc2c1)C(=O)N1CCC2(CC1)OCCO2)N1CCC(n2c(=O)[nH]c3ccccc32)CC1. The predicted octanol–water partition coefficient (Wildman–Crippen LogP) is 2.53. The second-order valence-electron chi connectivity index (χ2n) is 11.5. The number of H-pyrrole nitrogens is 2. The van der Waals surface area contributed by atoms with E-state index in [0.717, 1.165) is 27.5 Å². The van der Waals surface area contributed by atoms with Crippen LogP contribution in [0.1, 0.15) is 37.3 Å². The van der Waals surface area contributed by atoms with Crippen LogP contribution in [0.15, 0.2) is 53.5 Å². The lowest BCUT2D eigenvalue weighted by Gasteiger charge is -2.39. The van der Waals surface area contributed by atoms with Gasteiger partial charge in [-0.2, -0.15) is 5.10 Å². The van der Waals surface area contributed by atoms with E-state index in [9.17, 15) is 14.4 Å². The maximum atomic E-state index is 13.9. The number of hydrogen-bond donors (Lipinski definition) is 3. The van der Waals surface area contributed by atoms with Gasteiger partial charge >= 0.3 is 11.7 Å². The highest BCUT2D eigenvalue weighted by Gasteiger charge is 2.42. The quantitative estimate of drug-likeness (QED) is 0.336. The molecule has 0 aliphatic carbocycles. The summed E-state index contributed by atoms with van der Waals surface area (Å²) >= 11 is 0. The number of benzene rings is 2. The summed E-state index contributed by atoms with van der Waals surface area (Å²) in [7, 11) is 0. The van der Waals surface area contributed by atoms with Gasteiger partial charge in [0.25, 0.3) is 0 Å². The average molecular weight is 574 g/mol. The molecule has 220 valence electrons. The van der Waals surface area contributed by atoms with E-state index in [0.29, 0.717) is 71.5 Å². The molecule has 7 rings (SSSR count). The molecule has 3 amide bonds. The number of likely N-dealkylation sites (tertiary alicyclic amines) is 2. The van der Waals surface area contributed by atoms with Gasteiger partial charge in [0.2, 0.25) is 5.91 Å². The minimum atomic E-state index is -0.727. The minimum Gasteiger partial charge on any atom is -0.347 e. The van der Waals surface area contributed by atoms with Gasteiger partial charge in [0.15, 0.2) is 5.79 Å². The van der Waals surface area contributed by atoms with Crippen molar-refractivity contribution in [3.8, 4) is 0 Å². The van der Waals surface area contributed by atoms with Crippen molar-refractivity contribution in [2.24, 2.45) is 0 Å². The molecule has 1 atom stereocenters. The number of rotatable bonds is 5. The van der Waals surface area contributed by atoms with E-state index in [1.54, 1.807) is 11.1 Å². The first-order valence-corrected chi connectivity index (χ1v) is 14.7. The lowest BCUT2D eigenvalue weighted by Crippen LogP contribution is -2.57. The van der Waals surface area contributed by atoms with Crippen LogP contribution in [0, 0.1) is 0 Å². The number of piperidine rings is 2. The number of aromatic nitrogens is 4. The molecule has 3 aliphatic rings. The Morgan fingerprint density at radius 1 is 1.00 bits per heavy atom. The van der Waals surface area contributed by atoms with Crippen LogP contribution in [0.5, 0.6) is 0 Å². The highest BCUT2D eigenvalue weighted by atomic mass is 16.7. The first kappa shape index (κ1) is 26.7. The average Bonchev–Trinajstić information content (AvgIpc) is 3.75. The normalized spacial score (nSPS) is 20.0. The standard InChI is InChI=1S/C30H35N7O5/c38-27(35-13-9-30(10-14-35)41-15-16-42-30)25(18-20-5-6-23-21(17-20)19-31-34-23)33-28(39)36-11-7-22(8-12-36)37-26-4-2-1-3-24(26)32-29(37)40/h1-6,17,19,22,25H,7-16,18H2,(H,31,34)(H,32,40)(H,33,39). The van der Waals surface area contributed by atoms with E-state index in [1.807, 2.05) is 51.9 Å². The van der Waals surface area contributed by atoms with Crippen LogP contribution < -0.4 is 11.0 Å². The lowest BCUT2D eigenvalue weighted by atomic mass is 9.99. The molecule has 12 nitrogen and oxygen atoms in total. The fraction of sp³-hybridized carbons (Fsp3) is 0.467. The van der Waals surface area contributed by atoms with Crippen LogP contribution in [0.4, 0.5) is 4.79 Å². The second kappa shape index (κ2) is 10.9. The number of hydrogen-bond acceptors (Lipinski definition) is 6. The lowest BCUT2D eigenvalue weighted by molar-refractivity contribution is -0.187. The fourth-order valence-electron chi connectivity index (χ4n) is 6.63. The van der Waals surface area contributed by atoms with E-state index >= 15 is 0 Å². The van der Waals surface area contributed by atoms with Gasteiger partial charge in [-0.3, -0.25) is 14.5 Å². The number of amides is 3. The Kier molecular flexibility index (Phi) is 6.95. The Morgan fingerprint density at radius 3 is 2.55 bits per heavy atom. The highest BCUT2D eigenvalue weighted by molar-refractivity contribution is 5.88. The van der Waals surface area contributed by atoms with Gasteiger partial charge in [-0.05, 0) is 42.7 Å². The number of imidazole rings is 1. The molecule has 3 fully saturated rings. The number of ether oxygens (including phenoxy) is 2. The van der Waals surface area contributed by atoms with Crippen molar-refractivity contribution in [1.29, 1.82) is 0 Å². The monoisotopic (exact) mass is 573 g/mol. The molecular weight excluding hydrogens is 538 g/mol. The van der Waals surface area contributed by atoms with Gasteiger partial charge in [0, 0.05) is 56.9 Å². The summed E-state index contributed by atoms with van der Waals surface area (Å²) < 4.78 is 13.5. The van der Waals surface area contributed by atoms with Gasteiger partial charge in [0.05, 0.1) is 36.0 Å². The molecular formula is C30H35N7O5. The molecule has 3 N–H and O–H groups in total. The van der Waals surface area contributed by atoms with E-state index in [2.05, 4.69) is 20.5 Å². The Labute approximate surface area is 241 Å². The number of urea groups is 1. The first-order valence-electron chi connectivity index (χ1n) is 14.7. The molecule has 1 spiro atoms. The van der Waals surface area contributed by atoms with Gasteiger partial charge in [-0.1, -0.05) is 18.2 Å². The number of fused-ring (bicyclic) bond motifs is 2. The molecule has 1 unspecified atom stereocenters. The van der Waals surface area contributed by atoms with Crippen LogP contribution >= 0.6 is 0 Å². The Balaban J connectivity index is 1.05. The molecule has 42 heavy (non-hydrogen) atoms. The number of carbonyl (C=O) groups excluding carboxylic acids is 2. The summed E-state index contributed by atoms with van der Waals surface area (Å²) in [6, 6.07) is 12.6.